The molecule has 0 saturated carbocycles. The smallest absolute Gasteiger partial charge is 0.406 e. The zero-order valence-corrected chi connectivity index (χ0v) is 9.77. The predicted molar refractivity (Wildman–Crippen MR) is 60.2 cm³/mol. The third-order valence-corrected chi connectivity index (χ3v) is 1.53. The maximum Gasteiger partial charge on any atom is 0.406 e. The highest BCUT2D eigenvalue weighted by Gasteiger charge is 1.96. The molecule has 0 unspecified atom stereocenters. The van der Waals surface area contributed by atoms with E-state index >= 15 is 0 Å². The first-order chi connectivity index (χ1) is 5.16. The largest absolute Gasteiger partial charge is 0.453 e. The van der Waals surface area contributed by atoms with Crippen LogP contribution in [0.2, 0.25) is 0 Å². The van der Waals surface area contributed by atoms with Crippen molar-refractivity contribution in [3.8, 4) is 0 Å². The zero-order valence-electron chi connectivity index (χ0n) is 6.62. The van der Waals surface area contributed by atoms with Gasteiger partial charge in [-0.1, -0.05) is 11.8 Å². The summed E-state index contributed by atoms with van der Waals surface area (Å²) in [5.74, 6) is 0.588. The van der Waals surface area contributed by atoms with E-state index in [9.17, 15) is 4.79 Å². The Morgan fingerprint density at radius 2 is 2.33 bits per heavy atom. The number of nitrogens with two attached hydrogens (primary N) is 1. The number of carbonyl (C=O) groups excluding carboxylic acids is 1. The van der Waals surface area contributed by atoms with Crippen molar-refractivity contribution >= 4 is 47.0 Å². The average molecular weight is 305 g/mol. The van der Waals surface area contributed by atoms with E-state index in [1.165, 1.54) is 18.9 Å². The number of carbonyl (C=O) groups is 1. The Labute approximate surface area is 92.3 Å². The number of ether oxygens (including phenoxy) is 1. The van der Waals surface area contributed by atoms with Gasteiger partial charge in [0, 0.05) is 12.3 Å². The summed E-state index contributed by atoms with van der Waals surface area (Å²) < 4.78 is 4.31. The van der Waals surface area contributed by atoms with Gasteiger partial charge in [-0.15, -0.1) is 24.0 Å². The second kappa shape index (κ2) is 8.91. The molecule has 0 spiro atoms. The number of hydrogen-bond acceptors (Lipinski definition) is 4. The molecule has 0 aliphatic rings. The molecule has 72 valence electrons. The van der Waals surface area contributed by atoms with Crippen molar-refractivity contribution in [1.82, 2.24) is 5.32 Å². The normalized spacial score (nSPS) is 8.08. The minimum Gasteiger partial charge on any atom is -0.453 e. The summed E-state index contributed by atoms with van der Waals surface area (Å²) in [6, 6.07) is 0. The molecule has 0 aliphatic heterocycles. The molecule has 0 aromatic carbocycles. The molecular weight excluding hydrogens is 293 g/mol. The van der Waals surface area contributed by atoms with Gasteiger partial charge < -0.3 is 15.8 Å². The van der Waals surface area contributed by atoms with E-state index in [1.54, 1.807) is 0 Å². The minimum atomic E-state index is -0.464. The van der Waals surface area contributed by atoms with Gasteiger partial charge in [-0.25, -0.2) is 4.79 Å². The highest BCUT2D eigenvalue weighted by molar-refractivity contribution is 14.0. The minimum absolute atomic E-state index is 0. The number of hydrogen-bond donors (Lipinski definition) is 3. The lowest BCUT2D eigenvalue weighted by Crippen LogP contribution is -2.26. The fourth-order valence-corrected chi connectivity index (χ4v) is 0.810. The monoisotopic (exact) mass is 305 g/mol. The number of amides is 1. The molecular formula is C5H12IN3O2S. The lowest BCUT2D eigenvalue weighted by molar-refractivity contribution is 0.172. The van der Waals surface area contributed by atoms with Crippen molar-refractivity contribution in [3.63, 3.8) is 0 Å². The van der Waals surface area contributed by atoms with Gasteiger partial charge in [0.15, 0.2) is 5.17 Å². The summed E-state index contributed by atoms with van der Waals surface area (Å²) in [6.45, 7) is 0.455. The van der Waals surface area contributed by atoms with Crippen LogP contribution in [-0.2, 0) is 4.74 Å². The fraction of sp³-hybridized carbons (Fsp3) is 0.600. The van der Waals surface area contributed by atoms with Crippen molar-refractivity contribution in [1.29, 1.82) is 5.41 Å². The van der Waals surface area contributed by atoms with E-state index in [4.69, 9.17) is 11.1 Å². The maximum absolute atomic E-state index is 10.4. The van der Waals surface area contributed by atoms with E-state index in [2.05, 4.69) is 10.1 Å². The van der Waals surface area contributed by atoms with Crippen LogP contribution in [0.1, 0.15) is 0 Å². The molecule has 1 amide bonds. The first-order valence-electron chi connectivity index (χ1n) is 2.95. The third-order valence-electron chi connectivity index (χ3n) is 0.814. The highest BCUT2D eigenvalue weighted by atomic mass is 127. The van der Waals surface area contributed by atoms with Crippen LogP contribution in [0.5, 0.6) is 0 Å². The molecule has 0 aliphatic carbocycles. The molecule has 0 fully saturated rings. The molecule has 0 saturated heterocycles. The van der Waals surface area contributed by atoms with Gasteiger partial charge in [0.25, 0.3) is 0 Å². The van der Waals surface area contributed by atoms with Crippen molar-refractivity contribution < 1.29 is 9.53 Å². The van der Waals surface area contributed by atoms with Crippen molar-refractivity contribution in [3.05, 3.63) is 0 Å². The first-order valence-corrected chi connectivity index (χ1v) is 3.94. The zero-order chi connectivity index (χ0) is 8.69. The number of rotatable bonds is 3. The van der Waals surface area contributed by atoms with Crippen molar-refractivity contribution in [2.45, 2.75) is 0 Å². The molecule has 7 heteroatoms. The van der Waals surface area contributed by atoms with Gasteiger partial charge in [-0.05, 0) is 0 Å². The van der Waals surface area contributed by atoms with Crippen LogP contribution in [0.4, 0.5) is 4.79 Å². The number of alkyl carbamates (subject to hydrolysis) is 1. The molecule has 0 bridgehead atoms. The van der Waals surface area contributed by atoms with Gasteiger partial charge >= 0.3 is 6.09 Å². The van der Waals surface area contributed by atoms with E-state index in [1.807, 2.05) is 0 Å². The SMILES string of the molecule is COC(=O)NCCSC(=N)N.I. The molecule has 5 nitrogen and oxygen atoms in total. The standard InChI is InChI=1S/C5H11N3O2S.HI/c1-10-5(9)8-2-3-11-4(6)7;/h2-3H2,1H3,(H3,6,7)(H,8,9);1H. The predicted octanol–water partition coefficient (Wildman–Crippen LogP) is 0.587. The topological polar surface area (TPSA) is 88.2 Å². The number of methoxy groups -OCH3 is 1. The van der Waals surface area contributed by atoms with Crippen LogP contribution >= 0.6 is 35.7 Å². The Kier molecular flexibility index (Phi) is 10.7. The van der Waals surface area contributed by atoms with Crippen molar-refractivity contribution in [2.75, 3.05) is 19.4 Å². The van der Waals surface area contributed by atoms with Gasteiger partial charge in [-0.2, -0.15) is 0 Å². The molecule has 12 heavy (non-hydrogen) atoms. The molecule has 0 atom stereocenters. The highest BCUT2D eigenvalue weighted by Crippen LogP contribution is 1.94. The Morgan fingerprint density at radius 1 is 1.75 bits per heavy atom. The van der Waals surface area contributed by atoms with Gasteiger partial charge in [0.1, 0.15) is 0 Å². The van der Waals surface area contributed by atoms with Crippen LogP contribution in [0.25, 0.3) is 0 Å². The Bertz CT molecular complexity index is 156. The number of thioether (sulfide) groups is 1. The van der Waals surface area contributed by atoms with E-state index in [-0.39, 0.29) is 29.1 Å². The van der Waals surface area contributed by atoms with Crippen LogP contribution in [0, 0.1) is 5.41 Å². The maximum atomic E-state index is 10.4. The molecule has 0 radical (unpaired) electrons. The molecule has 0 rings (SSSR count). The molecule has 0 aromatic rings. The fourth-order valence-electron chi connectivity index (χ4n) is 0.386. The number of amidine groups is 1. The summed E-state index contributed by atoms with van der Waals surface area (Å²) in [4.78, 5) is 10.4. The lowest BCUT2D eigenvalue weighted by Gasteiger charge is -2.01. The Hall–Kier alpha value is -0.180. The lowest BCUT2D eigenvalue weighted by atomic mass is 10.7. The third kappa shape index (κ3) is 9.82. The quantitative estimate of drug-likeness (QED) is 0.308. The summed E-state index contributed by atoms with van der Waals surface area (Å²) in [5.41, 5.74) is 5.04. The molecule has 4 N–H and O–H groups in total. The van der Waals surface area contributed by atoms with Crippen LogP contribution < -0.4 is 11.1 Å². The second-order valence-corrected chi connectivity index (χ2v) is 2.77. The Balaban J connectivity index is 0. The number of halogens is 1. The summed E-state index contributed by atoms with van der Waals surface area (Å²) >= 11 is 1.17. The second-order valence-electron chi connectivity index (χ2n) is 1.63. The Morgan fingerprint density at radius 3 is 2.75 bits per heavy atom. The van der Waals surface area contributed by atoms with E-state index in [0.29, 0.717) is 12.3 Å². The number of nitrogens with one attached hydrogen (secondary N) is 2. The van der Waals surface area contributed by atoms with Crippen molar-refractivity contribution in [2.24, 2.45) is 5.73 Å². The van der Waals surface area contributed by atoms with Crippen LogP contribution in [0.15, 0.2) is 0 Å². The van der Waals surface area contributed by atoms with Gasteiger partial charge in [-0.3, -0.25) is 5.41 Å². The van der Waals surface area contributed by atoms with Gasteiger partial charge in [0.2, 0.25) is 0 Å². The molecule has 0 heterocycles. The molecule has 0 aromatic heterocycles. The van der Waals surface area contributed by atoms with E-state index in [0.717, 1.165) is 0 Å². The summed E-state index contributed by atoms with van der Waals surface area (Å²) in [6.07, 6.45) is -0.464. The van der Waals surface area contributed by atoms with Crippen LogP contribution in [0.3, 0.4) is 0 Å². The average Bonchev–Trinajstić information content (AvgIpc) is 1.97. The van der Waals surface area contributed by atoms with Gasteiger partial charge in [0.05, 0.1) is 7.11 Å². The summed E-state index contributed by atoms with van der Waals surface area (Å²) in [5, 5.41) is 9.33. The van der Waals surface area contributed by atoms with Crippen LogP contribution in [-0.4, -0.2) is 30.7 Å². The summed E-state index contributed by atoms with van der Waals surface area (Å²) in [7, 11) is 1.30. The first kappa shape index (κ1) is 14.3. The van der Waals surface area contributed by atoms with E-state index < -0.39 is 6.09 Å².